The molecule has 5 heteroatoms. The number of halogens is 3. The first kappa shape index (κ1) is 14.6. The Kier molecular flexibility index (Phi) is 5.33. The van der Waals surface area contributed by atoms with E-state index in [1.807, 2.05) is 18.2 Å². The zero-order valence-electron chi connectivity index (χ0n) is 9.76. The number of carbonyl (C=O) groups is 1. The molecule has 1 N–H and O–H groups in total. The summed E-state index contributed by atoms with van der Waals surface area (Å²) in [6, 6.07) is 5.76. The van der Waals surface area contributed by atoms with Crippen LogP contribution in [0.3, 0.4) is 0 Å². The van der Waals surface area contributed by atoms with Crippen molar-refractivity contribution in [2.75, 3.05) is 6.54 Å². The molecule has 2 rings (SSSR count). The predicted octanol–water partition coefficient (Wildman–Crippen LogP) is 4.19. The van der Waals surface area contributed by atoms with Gasteiger partial charge < -0.3 is 5.32 Å². The first-order valence-electron chi connectivity index (χ1n) is 5.93. The van der Waals surface area contributed by atoms with Gasteiger partial charge >= 0.3 is 0 Å². The molecule has 1 aromatic carbocycles. The van der Waals surface area contributed by atoms with Crippen molar-refractivity contribution in [2.45, 2.75) is 24.6 Å². The summed E-state index contributed by atoms with van der Waals surface area (Å²) in [6.07, 6.45) is 3.19. The Morgan fingerprint density at radius 1 is 1.50 bits per heavy atom. The highest BCUT2D eigenvalue weighted by atomic mass is 127. The number of hydrogen-bond acceptors (Lipinski definition) is 1. The summed E-state index contributed by atoms with van der Waals surface area (Å²) in [7, 11) is 0. The second-order valence-corrected chi connectivity index (χ2v) is 7.33. The minimum Gasteiger partial charge on any atom is -0.352 e. The van der Waals surface area contributed by atoms with Gasteiger partial charge in [0.15, 0.2) is 0 Å². The average molecular weight is 443 g/mol. The molecule has 1 saturated carbocycles. The first-order valence-corrected chi connectivity index (χ1v) is 8.24. The molecule has 1 aliphatic carbocycles. The van der Waals surface area contributed by atoms with E-state index in [1.165, 1.54) is 0 Å². The lowest BCUT2D eigenvalue weighted by atomic mass is 10.1. The third-order valence-corrected chi connectivity index (χ3v) is 4.96. The highest BCUT2D eigenvalue weighted by Crippen LogP contribution is 2.29. The fourth-order valence-electron chi connectivity index (χ4n) is 2.20. The molecule has 98 valence electrons. The molecule has 2 unspecified atom stereocenters. The van der Waals surface area contributed by atoms with Gasteiger partial charge in [-0.3, -0.25) is 4.79 Å². The average Bonchev–Trinajstić information content (AvgIpc) is 2.75. The van der Waals surface area contributed by atoms with Crippen molar-refractivity contribution >= 4 is 56.0 Å². The number of alkyl halides is 1. The zero-order chi connectivity index (χ0) is 13.1. The van der Waals surface area contributed by atoms with Crippen molar-refractivity contribution in [3.63, 3.8) is 0 Å². The molecule has 0 aliphatic heterocycles. The van der Waals surface area contributed by atoms with E-state index >= 15 is 0 Å². The van der Waals surface area contributed by atoms with E-state index in [9.17, 15) is 4.79 Å². The molecule has 2 nitrogen and oxygen atoms in total. The van der Waals surface area contributed by atoms with Gasteiger partial charge in [-0.25, -0.2) is 0 Å². The lowest BCUT2D eigenvalue weighted by molar-refractivity contribution is 0.0946. The van der Waals surface area contributed by atoms with E-state index < -0.39 is 0 Å². The number of hydrogen-bond donors (Lipinski definition) is 1. The summed E-state index contributed by atoms with van der Waals surface area (Å²) in [5.74, 6) is 0.511. The number of amides is 1. The summed E-state index contributed by atoms with van der Waals surface area (Å²) < 4.78 is 1.89. The van der Waals surface area contributed by atoms with Crippen molar-refractivity contribution in [1.82, 2.24) is 5.32 Å². The molecule has 0 spiro atoms. The zero-order valence-corrected chi connectivity index (χ0v) is 14.3. The summed E-state index contributed by atoms with van der Waals surface area (Å²) in [4.78, 5) is 12.1. The van der Waals surface area contributed by atoms with Crippen LogP contribution < -0.4 is 5.32 Å². The van der Waals surface area contributed by atoms with Crippen molar-refractivity contribution in [2.24, 2.45) is 5.92 Å². The fourth-order valence-corrected chi connectivity index (χ4v) is 3.50. The second kappa shape index (κ2) is 6.57. The van der Waals surface area contributed by atoms with E-state index in [0.29, 0.717) is 11.5 Å². The van der Waals surface area contributed by atoms with E-state index in [2.05, 4.69) is 43.8 Å². The van der Waals surface area contributed by atoms with Crippen LogP contribution in [0.4, 0.5) is 0 Å². The van der Waals surface area contributed by atoms with Crippen molar-refractivity contribution in [3.05, 3.63) is 31.8 Å². The maximum absolute atomic E-state index is 12.1. The molecule has 0 bridgehead atoms. The highest BCUT2D eigenvalue weighted by Gasteiger charge is 2.23. The third kappa shape index (κ3) is 3.84. The van der Waals surface area contributed by atoms with Crippen LogP contribution in [0.1, 0.15) is 29.6 Å². The summed E-state index contributed by atoms with van der Waals surface area (Å²) in [6.45, 7) is 0.722. The van der Waals surface area contributed by atoms with Gasteiger partial charge in [-0.1, -0.05) is 0 Å². The van der Waals surface area contributed by atoms with Gasteiger partial charge in [0.1, 0.15) is 0 Å². The maximum atomic E-state index is 12.1. The molecule has 0 radical (unpaired) electrons. The number of nitrogens with one attached hydrogen (secondary N) is 1. The SMILES string of the molecule is O=C(NCC1CCC(Cl)C1)c1cc(I)ccc1Br. The normalized spacial score (nSPS) is 23.1. The molecular weight excluding hydrogens is 428 g/mol. The molecule has 0 saturated heterocycles. The van der Waals surface area contributed by atoms with Gasteiger partial charge in [-0.15, -0.1) is 11.6 Å². The number of rotatable bonds is 3. The summed E-state index contributed by atoms with van der Waals surface area (Å²) >= 11 is 11.7. The van der Waals surface area contributed by atoms with Crippen LogP contribution in [0, 0.1) is 9.49 Å². The van der Waals surface area contributed by atoms with Crippen LogP contribution in [0.15, 0.2) is 22.7 Å². The van der Waals surface area contributed by atoms with Crippen molar-refractivity contribution in [3.8, 4) is 0 Å². The van der Waals surface area contributed by atoms with Crippen LogP contribution in [0.5, 0.6) is 0 Å². The Labute approximate surface area is 134 Å². The van der Waals surface area contributed by atoms with E-state index in [-0.39, 0.29) is 11.3 Å². The van der Waals surface area contributed by atoms with Gasteiger partial charge in [0.05, 0.1) is 5.56 Å². The van der Waals surface area contributed by atoms with Crippen LogP contribution in [-0.2, 0) is 0 Å². The lowest BCUT2D eigenvalue weighted by Crippen LogP contribution is -2.28. The van der Waals surface area contributed by atoms with Gasteiger partial charge in [0.25, 0.3) is 5.91 Å². The third-order valence-electron chi connectivity index (χ3n) is 3.20. The smallest absolute Gasteiger partial charge is 0.252 e. The monoisotopic (exact) mass is 441 g/mol. The number of benzene rings is 1. The molecule has 18 heavy (non-hydrogen) atoms. The van der Waals surface area contributed by atoms with Gasteiger partial charge in [-0.2, -0.15) is 0 Å². The molecule has 1 aromatic rings. The summed E-state index contributed by atoms with van der Waals surface area (Å²) in [5.41, 5.74) is 0.697. The Bertz CT molecular complexity index is 455. The second-order valence-electron chi connectivity index (χ2n) is 4.61. The minimum atomic E-state index is -0.0154. The largest absolute Gasteiger partial charge is 0.352 e. The Morgan fingerprint density at radius 2 is 2.28 bits per heavy atom. The standard InChI is InChI=1S/C13H14BrClINO/c14-12-4-3-10(16)6-11(12)13(18)17-7-8-1-2-9(15)5-8/h3-4,6,8-9H,1-2,5,7H2,(H,17,18). The Balaban J connectivity index is 1.93. The Hall–Kier alpha value is 0.190. The van der Waals surface area contributed by atoms with E-state index in [4.69, 9.17) is 11.6 Å². The highest BCUT2D eigenvalue weighted by molar-refractivity contribution is 14.1. The predicted molar refractivity (Wildman–Crippen MR) is 86.2 cm³/mol. The first-order chi connectivity index (χ1) is 8.56. The Morgan fingerprint density at radius 3 is 2.94 bits per heavy atom. The van der Waals surface area contributed by atoms with E-state index in [1.54, 1.807) is 0 Å². The van der Waals surface area contributed by atoms with Crippen molar-refractivity contribution in [1.29, 1.82) is 0 Å². The molecule has 1 amide bonds. The van der Waals surface area contributed by atoms with Crippen LogP contribution >= 0.6 is 50.1 Å². The fraction of sp³-hybridized carbons (Fsp3) is 0.462. The summed E-state index contributed by atoms with van der Waals surface area (Å²) in [5, 5.41) is 3.29. The van der Waals surface area contributed by atoms with Crippen LogP contribution in [-0.4, -0.2) is 17.8 Å². The topological polar surface area (TPSA) is 29.1 Å². The molecule has 0 heterocycles. The lowest BCUT2D eigenvalue weighted by Gasteiger charge is -2.11. The van der Waals surface area contributed by atoms with Gasteiger partial charge in [0, 0.05) is 20.0 Å². The molecule has 0 aromatic heterocycles. The molecule has 2 atom stereocenters. The molecule has 1 fully saturated rings. The van der Waals surface area contributed by atoms with Gasteiger partial charge in [0.2, 0.25) is 0 Å². The molecule has 1 aliphatic rings. The molecular formula is C13H14BrClINO. The van der Waals surface area contributed by atoms with Crippen LogP contribution in [0.25, 0.3) is 0 Å². The maximum Gasteiger partial charge on any atom is 0.252 e. The van der Waals surface area contributed by atoms with Gasteiger partial charge in [-0.05, 0) is 81.9 Å². The quantitative estimate of drug-likeness (QED) is 0.552. The van der Waals surface area contributed by atoms with Crippen LogP contribution in [0.2, 0.25) is 0 Å². The number of carbonyl (C=O) groups excluding carboxylic acids is 1. The van der Waals surface area contributed by atoms with Crippen molar-refractivity contribution < 1.29 is 4.79 Å². The minimum absolute atomic E-state index is 0.0154. The van der Waals surface area contributed by atoms with E-state index in [0.717, 1.165) is 33.9 Å².